The van der Waals surface area contributed by atoms with Crippen LogP contribution in [-0.2, 0) is 6.18 Å². The molecule has 35 heavy (non-hydrogen) atoms. The zero-order valence-corrected chi connectivity index (χ0v) is 20.2. The molecule has 1 aliphatic heterocycles. The lowest BCUT2D eigenvalue weighted by Crippen LogP contribution is -2.21. The molecule has 0 atom stereocenters. The van der Waals surface area contributed by atoms with Crippen LogP contribution in [-0.4, -0.2) is 16.7 Å². The molecule has 0 spiro atoms. The number of aliphatic imine (C=N–C) groups is 1. The van der Waals surface area contributed by atoms with E-state index in [1.54, 1.807) is 18.3 Å². The number of rotatable bonds is 5. The predicted octanol–water partition coefficient (Wildman–Crippen LogP) is 7.25. The van der Waals surface area contributed by atoms with Crippen LogP contribution in [0.1, 0.15) is 45.4 Å². The Labute approximate surface area is 204 Å². The van der Waals surface area contributed by atoms with E-state index < -0.39 is 11.7 Å². The summed E-state index contributed by atoms with van der Waals surface area (Å²) in [5.41, 5.74) is 4.17. The van der Waals surface area contributed by atoms with Gasteiger partial charge in [-0.05, 0) is 88.1 Å². The SMILES string of the molecule is C/C=C(C#Cc1ccc(-c2ccc(C(F)(F)F)cc2)cn1)\C=C/C1=NC(NC(C)C)=CCC(C)=C1. The Morgan fingerprint density at radius 3 is 2.40 bits per heavy atom. The van der Waals surface area contributed by atoms with Gasteiger partial charge in [-0.2, -0.15) is 13.2 Å². The Morgan fingerprint density at radius 2 is 1.80 bits per heavy atom. The van der Waals surface area contributed by atoms with Crippen LogP contribution in [0.4, 0.5) is 13.2 Å². The molecule has 2 heterocycles. The van der Waals surface area contributed by atoms with Gasteiger partial charge < -0.3 is 5.32 Å². The first-order valence-corrected chi connectivity index (χ1v) is 11.4. The molecular formula is C29H28F3N3. The predicted molar refractivity (Wildman–Crippen MR) is 137 cm³/mol. The maximum atomic E-state index is 12.8. The number of hydrogen-bond acceptors (Lipinski definition) is 3. The van der Waals surface area contributed by atoms with Gasteiger partial charge >= 0.3 is 6.18 Å². The zero-order valence-electron chi connectivity index (χ0n) is 20.2. The summed E-state index contributed by atoms with van der Waals surface area (Å²) in [6.45, 7) is 8.15. The molecule has 1 aliphatic rings. The van der Waals surface area contributed by atoms with E-state index in [2.05, 4.69) is 55.1 Å². The van der Waals surface area contributed by atoms with Gasteiger partial charge in [0.1, 0.15) is 11.5 Å². The van der Waals surface area contributed by atoms with Crippen molar-refractivity contribution in [3.63, 3.8) is 0 Å². The summed E-state index contributed by atoms with van der Waals surface area (Å²) in [6.07, 6.45) is 8.03. The summed E-state index contributed by atoms with van der Waals surface area (Å²) >= 11 is 0. The van der Waals surface area contributed by atoms with Crippen molar-refractivity contribution < 1.29 is 13.2 Å². The standard InChI is InChI=1S/C29H28F3N3/c1-5-22(8-15-27-18-21(4)6-17-28(35-27)34-20(2)3)7-14-26-16-11-24(19-33-26)23-9-12-25(13-10-23)29(30,31)32/h5,8-13,15-20,34H,6H2,1-4H3/b15-8-,22-5-. The molecule has 1 aromatic heterocycles. The third-order valence-electron chi connectivity index (χ3n) is 5.09. The minimum Gasteiger partial charge on any atom is -0.368 e. The summed E-state index contributed by atoms with van der Waals surface area (Å²) in [4.78, 5) is 9.05. The lowest BCUT2D eigenvalue weighted by atomic mass is 10.1. The molecule has 3 rings (SSSR count). The van der Waals surface area contributed by atoms with Crippen molar-refractivity contribution in [3.05, 3.63) is 101 Å². The van der Waals surface area contributed by atoms with Gasteiger partial charge in [0.05, 0.1) is 11.3 Å². The van der Waals surface area contributed by atoms with Gasteiger partial charge in [0.15, 0.2) is 0 Å². The Hall–Kier alpha value is -3.85. The summed E-state index contributed by atoms with van der Waals surface area (Å²) in [5, 5.41) is 3.35. The van der Waals surface area contributed by atoms with Crippen molar-refractivity contribution in [2.75, 3.05) is 0 Å². The molecule has 0 radical (unpaired) electrons. The highest BCUT2D eigenvalue weighted by atomic mass is 19.4. The summed E-state index contributed by atoms with van der Waals surface area (Å²) in [7, 11) is 0. The van der Waals surface area contributed by atoms with Crippen LogP contribution in [0.3, 0.4) is 0 Å². The van der Waals surface area contributed by atoms with E-state index in [-0.39, 0.29) is 0 Å². The van der Waals surface area contributed by atoms with Crippen LogP contribution in [0.25, 0.3) is 11.1 Å². The van der Waals surface area contributed by atoms with Crippen LogP contribution >= 0.6 is 0 Å². The minimum atomic E-state index is -4.35. The highest BCUT2D eigenvalue weighted by molar-refractivity contribution is 6.05. The van der Waals surface area contributed by atoms with E-state index in [0.717, 1.165) is 41.2 Å². The van der Waals surface area contributed by atoms with Crippen LogP contribution in [0, 0.1) is 11.8 Å². The van der Waals surface area contributed by atoms with Crippen molar-refractivity contribution in [1.29, 1.82) is 0 Å². The van der Waals surface area contributed by atoms with Gasteiger partial charge in [-0.3, -0.25) is 0 Å². The molecule has 6 heteroatoms. The van der Waals surface area contributed by atoms with Gasteiger partial charge in [-0.1, -0.05) is 35.8 Å². The number of allylic oxidation sites excluding steroid dienone is 7. The van der Waals surface area contributed by atoms with Crippen molar-refractivity contribution in [2.45, 2.75) is 46.3 Å². The topological polar surface area (TPSA) is 37.3 Å². The van der Waals surface area contributed by atoms with Crippen molar-refractivity contribution in [1.82, 2.24) is 10.3 Å². The molecule has 0 saturated heterocycles. The van der Waals surface area contributed by atoms with Gasteiger partial charge in [0, 0.05) is 23.4 Å². The van der Waals surface area contributed by atoms with E-state index in [9.17, 15) is 13.2 Å². The average Bonchev–Trinajstić information content (AvgIpc) is 2.99. The molecule has 0 bridgehead atoms. The first kappa shape index (κ1) is 25.8. The number of hydrogen-bond donors (Lipinski definition) is 1. The highest BCUT2D eigenvalue weighted by Gasteiger charge is 2.29. The number of pyridine rings is 1. The summed E-state index contributed by atoms with van der Waals surface area (Å²) < 4.78 is 38.3. The largest absolute Gasteiger partial charge is 0.416 e. The second-order valence-electron chi connectivity index (χ2n) is 8.45. The van der Waals surface area contributed by atoms with Crippen LogP contribution in [0.15, 0.2) is 94.9 Å². The molecule has 0 unspecified atom stereocenters. The van der Waals surface area contributed by atoms with Crippen LogP contribution in [0.5, 0.6) is 0 Å². The third-order valence-corrected chi connectivity index (χ3v) is 5.09. The lowest BCUT2D eigenvalue weighted by molar-refractivity contribution is -0.137. The lowest BCUT2D eigenvalue weighted by Gasteiger charge is -2.09. The van der Waals surface area contributed by atoms with E-state index in [0.29, 0.717) is 17.3 Å². The molecule has 0 aliphatic carbocycles. The Kier molecular flexibility index (Phi) is 8.48. The smallest absolute Gasteiger partial charge is 0.368 e. The number of aromatic nitrogens is 1. The van der Waals surface area contributed by atoms with Gasteiger partial charge in [0.25, 0.3) is 0 Å². The fraction of sp³-hybridized carbons (Fsp3) is 0.241. The maximum Gasteiger partial charge on any atom is 0.416 e. The maximum absolute atomic E-state index is 12.8. The Bertz CT molecular complexity index is 1250. The first-order valence-electron chi connectivity index (χ1n) is 11.4. The van der Waals surface area contributed by atoms with Crippen LogP contribution < -0.4 is 5.32 Å². The number of benzene rings is 1. The molecule has 0 fully saturated rings. The van der Waals surface area contributed by atoms with E-state index >= 15 is 0 Å². The second kappa shape index (κ2) is 11.5. The normalized spacial score (nSPS) is 14.6. The van der Waals surface area contributed by atoms with Crippen molar-refractivity contribution in [2.24, 2.45) is 4.99 Å². The number of nitrogens with one attached hydrogen (secondary N) is 1. The first-order chi connectivity index (χ1) is 16.6. The number of nitrogens with zero attached hydrogens (tertiary/aromatic N) is 2. The fourth-order valence-corrected chi connectivity index (χ4v) is 3.27. The van der Waals surface area contributed by atoms with E-state index in [4.69, 9.17) is 4.99 Å². The molecule has 0 amide bonds. The van der Waals surface area contributed by atoms with E-state index in [1.165, 1.54) is 17.7 Å². The molecule has 180 valence electrons. The van der Waals surface area contributed by atoms with Crippen molar-refractivity contribution >= 4 is 5.71 Å². The monoisotopic (exact) mass is 475 g/mol. The summed E-state index contributed by atoms with van der Waals surface area (Å²) in [5.74, 6) is 7.01. The Morgan fingerprint density at radius 1 is 1.09 bits per heavy atom. The quantitative estimate of drug-likeness (QED) is 0.365. The van der Waals surface area contributed by atoms with Crippen molar-refractivity contribution in [3.8, 4) is 23.0 Å². The molecular weight excluding hydrogens is 447 g/mol. The molecule has 2 aromatic rings. The average molecular weight is 476 g/mol. The molecule has 0 saturated carbocycles. The van der Waals surface area contributed by atoms with Gasteiger partial charge in [0.2, 0.25) is 0 Å². The zero-order chi connectivity index (χ0) is 25.4. The van der Waals surface area contributed by atoms with Crippen LogP contribution in [0.2, 0.25) is 0 Å². The van der Waals surface area contributed by atoms with E-state index in [1.807, 2.05) is 25.2 Å². The number of halogens is 3. The van der Waals surface area contributed by atoms with Gasteiger partial charge in [-0.25, -0.2) is 9.98 Å². The summed E-state index contributed by atoms with van der Waals surface area (Å²) in [6, 6.07) is 8.88. The molecule has 1 aromatic carbocycles. The minimum absolute atomic E-state index is 0.295. The van der Waals surface area contributed by atoms with Gasteiger partial charge in [-0.15, -0.1) is 0 Å². The highest BCUT2D eigenvalue weighted by Crippen LogP contribution is 2.30. The fourth-order valence-electron chi connectivity index (χ4n) is 3.27. The third kappa shape index (κ3) is 7.86. The Balaban J connectivity index is 1.72. The molecule has 1 N–H and O–H groups in total. The second-order valence-corrected chi connectivity index (χ2v) is 8.45. The molecule has 3 nitrogen and oxygen atoms in total. The number of alkyl halides is 3.